The van der Waals surface area contributed by atoms with Crippen molar-refractivity contribution in [1.82, 2.24) is 9.88 Å². The predicted octanol–water partition coefficient (Wildman–Crippen LogP) is 5.63. The van der Waals surface area contributed by atoms with E-state index in [1.54, 1.807) is 30.3 Å². The van der Waals surface area contributed by atoms with Gasteiger partial charge in [0.15, 0.2) is 0 Å². The molecule has 0 aliphatic carbocycles. The predicted molar refractivity (Wildman–Crippen MR) is 125 cm³/mol. The molecule has 0 radical (unpaired) electrons. The third kappa shape index (κ3) is 4.72. The van der Waals surface area contributed by atoms with Gasteiger partial charge in [-0.15, -0.1) is 11.3 Å². The molecule has 2 heterocycles. The van der Waals surface area contributed by atoms with E-state index in [1.807, 2.05) is 17.9 Å². The SMILES string of the molecule is Cc1ccc(C(=O)N2CC(C)CC(C)C2)cc1NC(=O)c1cnc(-c2ccccc2F)s1. The van der Waals surface area contributed by atoms with Crippen LogP contribution in [0.25, 0.3) is 10.6 Å². The molecule has 2 amide bonds. The Balaban J connectivity index is 1.52. The summed E-state index contributed by atoms with van der Waals surface area (Å²) in [5, 5.41) is 3.34. The molecule has 1 aliphatic rings. The van der Waals surface area contributed by atoms with Gasteiger partial charge in [0.25, 0.3) is 11.8 Å². The fraction of sp³-hybridized carbons (Fsp3) is 0.320. The van der Waals surface area contributed by atoms with Crippen molar-refractivity contribution in [3.63, 3.8) is 0 Å². The number of aromatic nitrogens is 1. The smallest absolute Gasteiger partial charge is 0.267 e. The second-order valence-corrected chi connectivity index (χ2v) is 9.68. The van der Waals surface area contributed by atoms with Gasteiger partial charge in [0.1, 0.15) is 15.7 Å². The second kappa shape index (κ2) is 9.20. The molecule has 5 nitrogen and oxygen atoms in total. The third-order valence-electron chi connectivity index (χ3n) is 5.72. The highest BCUT2D eigenvalue weighted by Crippen LogP contribution is 2.29. The average Bonchev–Trinajstić information content (AvgIpc) is 3.24. The van der Waals surface area contributed by atoms with Crippen molar-refractivity contribution in [2.75, 3.05) is 18.4 Å². The van der Waals surface area contributed by atoms with E-state index in [1.165, 1.54) is 12.3 Å². The molecular formula is C25H26FN3O2S. The Morgan fingerprint density at radius 1 is 1.12 bits per heavy atom. The molecule has 166 valence electrons. The molecule has 32 heavy (non-hydrogen) atoms. The Morgan fingerprint density at radius 3 is 2.56 bits per heavy atom. The van der Waals surface area contributed by atoms with Crippen molar-refractivity contribution in [1.29, 1.82) is 0 Å². The first-order valence-electron chi connectivity index (χ1n) is 10.7. The first kappa shape index (κ1) is 22.1. The van der Waals surface area contributed by atoms with Crippen LogP contribution in [-0.4, -0.2) is 34.8 Å². The number of thiazole rings is 1. The Bertz CT molecular complexity index is 1150. The summed E-state index contributed by atoms with van der Waals surface area (Å²) in [5.74, 6) is 0.221. The van der Waals surface area contributed by atoms with Gasteiger partial charge in [-0.05, 0) is 55.0 Å². The van der Waals surface area contributed by atoms with E-state index in [2.05, 4.69) is 24.1 Å². The molecule has 0 bridgehead atoms. The highest BCUT2D eigenvalue weighted by molar-refractivity contribution is 7.17. The lowest BCUT2D eigenvalue weighted by Crippen LogP contribution is -2.42. The summed E-state index contributed by atoms with van der Waals surface area (Å²) in [6, 6.07) is 11.7. The first-order valence-corrected chi connectivity index (χ1v) is 11.6. The van der Waals surface area contributed by atoms with E-state index < -0.39 is 0 Å². The van der Waals surface area contributed by atoms with E-state index in [0.717, 1.165) is 36.4 Å². The number of hydrogen-bond acceptors (Lipinski definition) is 4. The second-order valence-electron chi connectivity index (χ2n) is 8.65. The quantitative estimate of drug-likeness (QED) is 0.559. The van der Waals surface area contributed by atoms with Gasteiger partial charge in [-0.25, -0.2) is 9.37 Å². The van der Waals surface area contributed by atoms with E-state index in [9.17, 15) is 14.0 Å². The molecule has 7 heteroatoms. The summed E-state index contributed by atoms with van der Waals surface area (Å²) in [5.41, 5.74) is 2.36. The van der Waals surface area contributed by atoms with Gasteiger partial charge in [-0.1, -0.05) is 32.0 Å². The number of carbonyl (C=O) groups is 2. The number of piperidine rings is 1. The van der Waals surface area contributed by atoms with Gasteiger partial charge >= 0.3 is 0 Å². The van der Waals surface area contributed by atoms with Gasteiger partial charge in [-0.3, -0.25) is 9.59 Å². The summed E-state index contributed by atoms with van der Waals surface area (Å²) in [4.78, 5) is 32.4. The number of aryl methyl sites for hydroxylation is 1. The zero-order valence-electron chi connectivity index (χ0n) is 18.4. The molecule has 4 rings (SSSR count). The summed E-state index contributed by atoms with van der Waals surface area (Å²) in [7, 11) is 0. The van der Waals surface area contributed by atoms with Crippen molar-refractivity contribution in [2.45, 2.75) is 27.2 Å². The fourth-order valence-electron chi connectivity index (χ4n) is 4.22. The highest BCUT2D eigenvalue weighted by Gasteiger charge is 2.26. The molecule has 1 fully saturated rings. The lowest BCUT2D eigenvalue weighted by Gasteiger charge is -2.35. The van der Waals surface area contributed by atoms with Gasteiger partial charge in [0.2, 0.25) is 0 Å². The van der Waals surface area contributed by atoms with Crippen LogP contribution in [0.3, 0.4) is 0 Å². The molecule has 0 spiro atoms. The number of amides is 2. The van der Waals surface area contributed by atoms with Crippen molar-refractivity contribution in [3.05, 3.63) is 70.5 Å². The van der Waals surface area contributed by atoms with Crippen molar-refractivity contribution in [2.24, 2.45) is 11.8 Å². The van der Waals surface area contributed by atoms with E-state index in [-0.39, 0.29) is 17.6 Å². The van der Waals surface area contributed by atoms with Crippen LogP contribution in [0.2, 0.25) is 0 Å². The third-order valence-corrected chi connectivity index (χ3v) is 6.75. The fourth-order valence-corrected chi connectivity index (χ4v) is 5.06. The molecule has 2 aromatic carbocycles. The topological polar surface area (TPSA) is 62.3 Å². The normalized spacial score (nSPS) is 18.4. The number of halogens is 1. The number of hydrogen-bond donors (Lipinski definition) is 1. The molecule has 0 saturated carbocycles. The summed E-state index contributed by atoms with van der Waals surface area (Å²) in [6.45, 7) is 7.71. The van der Waals surface area contributed by atoms with Crippen molar-refractivity contribution >= 4 is 28.8 Å². The molecule has 1 saturated heterocycles. The van der Waals surface area contributed by atoms with Crippen LogP contribution >= 0.6 is 11.3 Å². The van der Waals surface area contributed by atoms with Gasteiger partial charge in [0, 0.05) is 29.9 Å². The average molecular weight is 452 g/mol. The van der Waals surface area contributed by atoms with E-state index >= 15 is 0 Å². The number of nitrogens with one attached hydrogen (secondary N) is 1. The van der Waals surface area contributed by atoms with Gasteiger partial charge < -0.3 is 10.2 Å². The number of likely N-dealkylation sites (tertiary alicyclic amines) is 1. The van der Waals surface area contributed by atoms with Crippen molar-refractivity contribution in [3.8, 4) is 10.6 Å². The standard InChI is InChI=1S/C25H26FN3O2S/c1-15-10-16(2)14-29(13-15)25(31)18-9-8-17(3)21(11-18)28-23(30)22-12-27-24(32-22)19-6-4-5-7-20(19)26/h4-9,11-12,15-16H,10,13-14H2,1-3H3,(H,28,30). The van der Waals surface area contributed by atoms with Crippen LogP contribution < -0.4 is 5.32 Å². The van der Waals surface area contributed by atoms with Crippen LogP contribution in [0.1, 0.15) is 45.9 Å². The largest absolute Gasteiger partial charge is 0.338 e. The molecule has 2 atom stereocenters. The van der Waals surface area contributed by atoms with E-state index in [4.69, 9.17) is 0 Å². The van der Waals surface area contributed by atoms with Gasteiger partial charge in [-0.2, -0.15) is 0 Å². The van der Waals surface area contributed by atoms with Crippen molar-refractivity contribution < 1.29 is 14.0 Å². The highest BCUT2D eigenvalue weighted by atomic mass is 32.1. The molecular weight excluding hydrogens is 425 g/mol. The van der Waals surface area contributed by atoms with E-state index in [0.29, 0.717) is 38.5 Å². The number of anilines is 1. The molecule has 1 N–H and O–H groups in total. The molecule has 1 aliphatic heterocycles. The Morgan fingerprint density at radius 2 is 1.84 bits per heavy atom. The van der Waals surface area contributed by atoms with Crippen LogP contribution in [0.5, 0.6) is 0 Å². The Labute approximate surface area is 191 Å². The van der Waals surface area contributed by atoms with Crippen LogP contribution in [0.4, 0.5) is 10.1 Å². The maximum atomic E-state index is 14.0. The number of carbonyl (C=O) groups excluding carboxylic acids is 2. The number of rotatable bonds is 4. The lowest BCUT2D eigenvalue weighted by molar-refractivity contribution is 0.0623. The molecule has 3 aromatic rings. The Kier molecular flexibility index (Phi) is 6.37. The summed E-state index contributed by atoms with van der Waals surface area (Å²) < 4.78 is 14.0. The maximum Gasteiger partial charge on any atom is 0.267 e. The summed E-state index contributed by atoms with van der Waals surface area (Å²) >= 11 is 1.13. The molecule has 1 aromatic heterocycles. The van der Waals surface area contributed by atoms with Crippen LogP contribution in [-0.2, 0) is 0 Å². The summed E-state index contributed by atoms with van der Waals surface area (Å²) in [6.07, 6.45) is 2.57. The zero-order valence-corrected chi connectivity index (χ0v) is 19.2. The first-order chi connectivity index (χ1) is 15.3. The van der Waals surface area contributed by atoms with Gasteiger partial charge in [0.05, 0.1) is 6.20 Å². The zero-order chi connectivity index (χ0) is 22.8. The minimum atomic E-state index is -0.378. The van der Waals surface area contributed by atoms with Crippen LogP contribution in [0.15, 0.2) is 48.7 Å². The minimum absolute atomic E-state index is 0.0153. The number of benzene rings is 2. The lowest BCUT2D eigenvalue weighted by atomic mass is 9.91. The maximum absolute atomic E-state index is 14.0. The Hall–Kier alpha value is -3.06. The number of nitrogens with zero attached hydrogens (tertiary/aromatic N) is 2. The minimum Gasteiger partial charge on any atom is -0.338 e. The molecule has 2 unspecified atom stereocenters. The van der Waals surface area contributed by atoms with Crippen LogP contribution in [0, 0.1) is 24.6 Å². The monoisotopic (exact) mass is 451 g/mol.